The molecule has 4 rings (SSSR count). The van der Waals surface area contributed by atoms with E-state index in [1.54, 1.807) is 10.8 Å². The van der Waals surface area contributed by atoms with Crippen molar-refractivity contribution in [2.45, 2.75) is 0 Å². The number of hydrogen-bond acceptors (Lipinski definition) is 6. The maximum absolute atomic E-state index is 13.0. The molecule has 1 amide bonds. The first-order valence-electron chi connectivity index (χ1n) is 8.45. The number of nitrogens with zero attached hydrogens (tertiary/aromatic N) is 5. The molecule has 1 aliphatic heterocycles. The summed E-state index contributed by atoms with van der Waals surface area (Å²) in [5.74, 6) is 0.661. The van der Waals surface area contributed by atoms with Crippen molar-refractivity contribution in [3.63, 3.8) is 0 Å². The van der Waals surface area contributed by atoms with E-state index < -0.39 is 0 Å². The summed E-state index contributed by atoms with van der Waals surface area (Å²) in [7, 11) is 0. The first-order valence-corrected chi connectivity index (χ1v) is 8.45. The monoisotopic (exact) mass is 368 g/mol. The molecule has 3 aromatic rings. The predicted octanol–water partition coefficient (Wildman–Crippen LogP) is 1.89. The Morgan fingerprint density at radius 1 is 1.07 bits per heavy atom. The predicted molar refractivity (Wildman–Crippen MR) is 96.5 cm³/mol. The van der Waals surface area contributed by atoms with Gasteiger partial charge in [0, 0.05) is 31.0 Å². The molecule has 3 heterocycles. The second-order valence-corrected chi connectivity index (χ2v) is 5.96. The summed E-state index contributed by atoms with van der Waals surface area (Å²) in [5, 5.41) is 2.68. The maximum atomic E-state index is 13.0. The molecular formula is C18H17FN6O2. The molecule has 1 fully saturated rings. The molecule has 2 aromatic heterocycles. The maximum Gasteiger partial charge on any atom is 0.275 e. The van der Waals surface area contributed by atoms with E-state index in [1.165, 1.54) is 36.9 Å². The van der Waals surface area contributed by atoms with Gasteiger partial charge in [-0.2, -0.15) is 0 Å². The summed E-state index contributed by atoms with van der Waals surface area (Å²) < 4.78 is 20.0. The van der Waals surface area contributed by atoms with Crippen molar-refractivity contribution >= 4 is 17.4 Å². The lowest BCUT2D eigenvalue weighted by atomic mass is 10.3. The number of aromatic nitrogens is 4. The second-order valence-electron chi connectivity index (χ2n) is 5.96. The SMILES string of the molecule is O=C(Nc1ccc(F)cc1)c1cn(-c2cc(N3CCOCC3)ncn2)cn1. The highest BCUT2D eigenvalue weighted by molar-refractivity contribution is 6.02. The van der Waals surface area contributed by atoms with Crippen molar-refractivity contribution in [3.8, 4) is 5.82 Å². The zero-order valence-electron chi connectivity index (χ0n) is 14.4. The number of hydrogen-bond donors (Lipinski definition) is 1. The molecule has 27 heavy (non-hydrogen) atoms. The molecule has 0 atom stereocenters. The Morgan fingerprint density at radius 3 is 2.59 bits per heavy atom. The minimum Gasteiger partial charge on any atom is -0.378 e. The number of benzene rings is 1. The first-order chi connectivity index (χ1) is 13.2. The molecule has 0 saturated carbocycles. The molecular weight excluding hydrogens is 351 g/mol. The lowest BCUT2D eigenvalue weighted by molar-refractivity contribution is 0.102. The van der Waals surface area contributed by atoms with Crippen molar-refractivity contribution < 1.29 is 13.9 Å². The summed E-state index contributed by atoms with van der Waals surface area (Å²) in [6.45, 7) is 2.87. The summed E-state index contributed by atoms with van der Waals surface area (Å²) in [5.41, 5.74) is 0.721. The second kappa shape index (κ2) is 7.50. The van der Waals surface area contributed by atoms with Crippen LogP contribution in [0.5, 0.6) is 0 Å². The molecule has 0 bridgehead atoms. The molecule has 0 radical (unpaired) electrons. The van der Waals surface area contributed by atoms with Crippen molar-refractivity contribution in [1.82, 2.24) is 19.5 Å². The van der Waals surface area contributed by atoms with E-state index in [2.05, 4.69) is 25.2 Å². The Morgan fingerprint density at radius 2 is 1.81 bits per heavy atom. The molecule has 1 saturated heterocycles. The fraction of sp³-hybridized carbons (Fsp3) is 0.222. The molecule has 138 valence electrons. The van der Waals surface area contributed by atoms with Crippen LogP contribution in [0.1, 0.15) is 10.5 Å². The number of carbonyl (C=O) groups excluding carboxylic acids is 1. The van der Waals surface area contributed by atoms with Crippen LogP contribution in [-0.2, 0) is 4.74 Å². The van der Waals surface area contributed by atoms with Crippen LogP contribution in [-0.4, -0.2) is 51.7 Å². The van der Waals surface area contributed by atoms with Crippen molar-refractivity contribution in [1.29, 1.82) is 0 Å². The summed E-state index contributed by atoms with van der Waals surface area (Å²) in [6.07, 6.45) is 4.59. The Labute approximate surface area is 154 Å². The van der Waals surface area contributed by atoms with E-state index in [0.29, 0.717) is 24.7 Å². The number of rotatable bonds is 4. The number of morpholine rings is 1. The van der Waals surface area contributed by atoms with Gasteiger partial charge in [-0.25, -0.2) is 19.3 Å². The Bertz CT molecular complexity index is 937. The average Bonchev–Trinajstić information content (AvgIpc) is 3.21. The third-order valence-corrected chi connectivity index (χ3v) is 4.16. The molecule has 8 nitrogen and oxygen atoms in total. The quantitative estimate of drug-likeness (QED) is 0.757. The van der Waals surface area contributed by atoms with Gasteiger partial charge in [-0.1, -0.05) is 0 Å². The number of halogens is 1. The smallest absolute Gasteiger partial charge is 0.275 e. The number of imidazole rings is 1. The van der Waals surface area contributed by atoms with Crippen LogP contribution in [0.4, 0.5) is 15.9 Å². The minimum atomic E-state index is -0.386. The summed E-state index contributed by atoms with van der Waals surface area (Å²) >= 11 is 0. The number of anilines is 2. The van der Waals surface area contributed by atoms with Gasteiger partial charge in [-0.05, 0) is 24.3 Å². The molecule has 1 aromatic carbocycles. The topological polar surface area (TPSA) is 85.2 Å². The van der Waals surface area contributed by atoms with Gasteiger partial charge < -0.3 is 15.0 Å². The van der Waals surface area contributed by atoms with Crippen LogP contribution in [0.25, 0.3) is 5.82 Å². The minimum absolute atomic E-state index is 0.228. The number of carbonyl (C=O) groups is 1. The van der Waals surface area contributed by atoms with Crippen molar-refractivity contribution in [3.05, 3.63) is 60.7 Å². The van der Waals surface area contributed by atoms with E-state index in [-0.39, 0.29) is 17.4 Å². The standard InChI is InChI=1S/C18H17FN6O2/c19-13-1-3-14(4-2-13)23-18(26)15-10-25(12-22-15)17-9-16(20-11-21-17)24-5-7-27-8-6-24/h1-4,9-12H,5-8H2,(H,23,26). The zero-order chi connectivity index (χ0) is 18.6. The Balaban J connectivity index is 1.50. The van der Waals surface area contributed by atoms with Crippen molar-refractivity contribution in [2.24, 2.45) is 0 Å². The molecule has 9 heteroatoms. The van der Waals surface area contributed by atoms with Gasteiger partial charge >= 0.3 is 0 Å². The fourth-order valence-electron chi connectivity index (χ4n) is 2.74. The lowest BCUT2D eigenvalue weighted by Crippen LogP contribution is -2.36. The number of nitrogens with one attached hydrogen (secondary N) is 1. The van der Waals surface area contributed by atoms with E-state index >= 15 is 0 Å². The van der Waals surface area contributed by atoms with Crippen LogP contribution in [0, 0.1) is 5.82 Å². The van der Waals surface area contributed by atoms with Gasteiger partial charge in [-0.15, -0.1) is 0 Å². The van der Waals surface area contributed by atoms with Gasteiger partial charge in [0.2, 0.25) is 0 Å². The third kappa shape index (κ3) is 3.93. The molecule has 0 unspecified atom stereocenters. The normalized spacial score (nSPS) is 14.2. The summed E-state index contributed by atoms with van der Waals surface area (Å²) in [4.78, 5) is 27.1. The Kier molecular flexibility index (Phi) is 4.75. The number of ether oxygens (including phenoxy) is 1. The molecule has 1 N–H and O–H groups in total. The first kappa shape index (κ1) is 17.1. The van der Waals surface area contributed by atoms with E-state index in [9.17, 15) is 9.18 Å². The lowest BCUT2D eigenvalue weighted by Gasteiger charge is -2.27. The van der Waals surface area contributed by atoms with Crippen LogP contribution in [0.15, 0.2) is 49.2 Å². The highest BCUT2D eigenvalue weighted by Gasteiger charge is 2.15. The van der Waals surface area contributed by atoms with Crippen LogP contribution >= 0.6 is 0 Å². The van der Waals surface area contributed by atoms with Gasteiger partial charge in [-0.3, -0.25) is 9.36 Å². The van der Waals surface area contributed by atoms with Gasteiger partial charge in [0.25, 0.3) is 5.91 Å². The largest absolute Gasteiger partial charge is 0.378 e. The van der Waals surface area contributed by atoms with E-state index in [4.69, 9.17) is 4.74 Å². The molecule has 0 spiro atoms. The van der Waals surface area contributed by atoms with Gasteiger partial charge in [0.15, 0.2) is 0 Å². The average molecular weight is 368 g/mol. The van der Waals surface area contributed by atoms with Crippen LogP contribution < -0.4 is 10.2 Å². The van der Waals surface area contributed by atoms with Crippen LogP contribution in [0.3, 0.4) is 0 Å². The highest BCUT2D eigenvalue weighted by Crippen LogP contribution is 2.16. The zero-order valence-corrected chi connectivity index (χ0v) is 14.4. The van der Waals surface area contributed by atoms with E-state index in [1.807, 2.05) is 6.07 Å². The third-order valence-electron chi connectivity index (χ3n) is 4.16. The highest BCUT2D eigenvalue weighted by atomic mass is 19.1. The summed E-state index contributed by atoms with van der Waals surface area (Å²) in [6, 6.07) is 7.38. The molecule has 0 aliphatic carbocycles. The fourth-order valence-corrected chi connectivity index (χ4v) is 2.74. The van der Waals surface area contributed by atoms with E-state index in [0.717, 1.165) is 18.9 Å². The van der Waals surface area contributed by atoms with Crippen LogP contribution in [0.2, 0.25) is 0 Å². The number of amides is 1. The van der Waals surface area contributed by atoms with Gasteiger partial charge in [0.05, 0.1) is 13.2 Å². The van der Waals surface area contributed by atoms with Gasteiger partial charge in [0.1, 0.15) is 35.8 Å². The molecule has 1 aliphatic rings. The Hall–Kier alpha value is -3.33. The van der Waals surface area contributed by atoms with Crippen molar-refractivity contribution in [2.75, 3.05) is 36.5 Å².